The Morgan fingerprint density at radius 2 is 1.46 bits per heavy atom. The molecule has 2 aliphatic carbocycles. The van der Waals surface area contributed by atoms with E-state index in [1.54, 1.807) is 0 Å². The smallest absolute Gasteiger partial charge is 0.180 e. The highest BCUT2D eigenvalue weighted by molar-refractivity contribution is 9.10. The Bertz CT molecular complexity index is 1350. The van der Waals surface area contributed by atoms with E-state index in [0.29, 0.717) is 53.7 Å². The number of carbonyl (C=O) groups excluding carboxylic acids is 2. The molecule has 1 heterocycles. The Morgan fingerprint density at radius 3 is 2.00 bits per heavy atom. The standard InChI is InChI=1S/C32H35BrClNO4/c1-6-38-26-12-19(11-21(34)30(26)39-17-18-7-9-20(33)10-8-18)27-28-22(13-31(2,3)15-24(28)36)35-23-14-32(4,5)16-25(37)29(23)27/h7-12,27,35H,6,13-17H2,1-5H3. The summed E-state index contributed by atoms with van der Waals surface area (Å²) < 4.78 is 13.2. The van der Waals surface area contributed by atoms with Crippen LogP contribution in [0.4, 0.5) is 0 Å². The average Bonchev–Trinajstić information content (AvgIpc) is 2.81. The normalized spacial score (nSPS) is 20.4. The SMILES string of the molecule is CCOc1cc(C2C3=C(CC(C)(C)CC3=O)NC3=C2C(=O)CC(C)(C)C3)cc(Cl)c1OCc1ccc(Br)cc1. The van der Waals surface area contributed by atoms with E-state index in [2.05, 4.69) is 48.9 Å². The van der Waals surface area contributed by atoms with Crippen molar-refractivity contribution in [1.29, 1.82) is 0 Å². The predicted molar refractivity (Wildman–Crippen MR) is 157 cm³/mol. The molecule has 39 heavy (non-hydrogen) atoms. The van der Waals surface area contributed by atoms with E-state index in [4.69, 9.17) is 21.1 Å². The molecule has 3 aliphatic rings. The van der Waals surface area contributed by atoms with Gasteiger partial charge in [-0.2, -0.15) is 0 Å². The Balaban J connectivity index is 1.60. The van der Waals surface area contributed by atoms with Gasteiger partial charge in [0.1, 0.15) is 6.61 Å². The van der Waals surface area contributed by atoms with Crippen LogP contribution in [0.3, 0.4) is 0 Å². The molecule has 2 aromatic rings. The van der Waals surface area contributed by atoms with Gasteiger partial charge in [0, 0.05) is 45.8 Å². The topological polar surface area (TPSA) is 64.6 Å². The molecule has 5 rings (SSSR count). The molecule has 1 N–H and O–H groups in total. The molecule has 0 saturated heterocycles. The lowest BCUT2D eigenvalue weighted by molar-refractivity contribution is -0.119. The lowest BCUT2D eigenvalue weighted by atomic mass is 9.64. The fourth-order valence-corrected chi connectivity index (χ4v) is 6.65. The first-order chi connectivity index (χ1) is 18.4. The van der Waals surface area contributed by atoms with Crippen molar-refractivity contribution >= 4 is 39.1 Å². The van der Waals surface area contributed by atoms with Crippen LogP contribution < -0.4 is 14.8 Å². The number of dihydropyridines is 1. The molecule has 1 aliphatic heterocycles. The van der Waals surface area contributed by atoms with Gasteiger partial charge in [-0.15, -0.1) is 0 Å². The lowest BCUT2D eigenvalue weighted by Crippen LogP contribution is -2.42. The summed E-state index contributed by atoms with van der Waals surface area (Å²) in [7, 11) is 0. The molecule has 0 spiro atoms. The van der Waals surface area contributed by atoms with Crippen molar-refractivity contribution in [3.8, 4) is 11.5 Å². The average molecular weight is 613 g/mol. The van der Waals surface area contributed by atoms with Crippen LogP contribution in [-0.2, 0) is 16.2 Å². The molecule has 206 valence electrons. The number of hydrogen-bond donors (Lipinski definition) is 1. The van der Waals surface area contributed by atoms with Gasteiger partial charge in [0.15, 0.2) is 23.1 Å². The van der Waals surface area contributed by atoms with Crippen LogP contribution >= 0.6 is 27.5 Å². The second kappa shape index (κ2) is 10.4. The van der Waals surface area contributed by atoms with Gasteiger partial charge >= 0.3 is 0 Å². The summed E-state index contributed by atoms with van der Waals surface area (Å²) in [6.07, 6.45) is 2.37. The fraction of sp³-hybridized carbons (Fsp3) is 0.438. The maximum atomic E-state index is 13.7. The van der Waals surface area contributed by atoms with E-state index in [1.165, 1.54) is 0 Å². The number of carbonyl (C=O) groups is 2. The minimum atomic E-state index is -0.485. The van der Waals surface area contributed by atoms with Crippen LogP contribution in [0.1, 0.15) is 77.3 Å². The van der Waals surface area contributed by atoms with E-state index >= 15 is 0 Å². The summed E-state index contributed by atoms with van der Waals surface area (Å²) >= 11 is 10.3. The molecule has 0 aromatic heterocycles. The summed E-state index contributed by atoms with van der Waals surface area (Å²) in [5, 5.41) is 3.95. The summed E-state index contributed by atoms with van der Waals surface area (Å²) in [6, 6.07) is 11.6. The van der Waals surface area contributed by atoms with Crippen molar-refractivity contribution in [3.05, 3.63) is 79.6 Å². The zero-order valence-electron chi connectivity index (χ0n) is 23.2. The van der Waals surface area contributed by atoms with E-state index in [9.17, 15) is 9.59 Å². The highest BCUT2D eigenvalue weighted by Gasteiger charge is 2.46. The van der Waals surface area contributed by atoms with E-state index in [0.717, 1.165) is 39.8 Å². The Morgan fingerprint density at radius 1 is 0.897 bits per heavy atom. The van der Waals surface area contributed by atoms with Crippen molar-refractivity contribution in [1.82, 2.24) is 5.32 Å². The van der Waals surface area contributed by atoms with Crippen molar-refractivity contribution in [2.45, 2.75) is 72.8 Å². The van der Waals surface area contributed by atoms with Crippen molar-refractivity contribution in [2.75, 3.05) is 6.61 Å². The van der Waals surface area contributed by atoms with Gasteiger partial charge in [-0.05, 0) is 66.0 Å². The van der Waals surface area contributed by atoms with Crippen molar-refractivity contribution in [3.63, 3.8) is 0 Å². The Kier molecular flexibility index (Phi) is 7.49. The molecular formula is C32H35BrClNO4. The number of benzene rings is 2. The molecule has 0 unspecified atom stereocenters. The summed E-state index contributed by atoms with van der Waals surface area (Å²) in [5.74, 6) is 0.627. The summed E-state index contributed by atoms with van der Waals surface area (Å²) in [5.41, 5.74) is 4.69. The molecule has 0 fully saturated rings. The molecule has 0 radical (unpaired) electrons. The number of hydrogen-bond acceptors (Lipinski definition) is 5. The van der Waals surface area contributed by atoms with Crippen LogP contribution in [0.5, 0.6) is 11.5 Å². The highest BCUT2D eigenvalue weighted by Crippen LogP contribution is 2.52. The van der Waals surface area contributed by atoms with Gasteiger partial charge < -0.3 is 14.8 Å². The van der Waals surface area contributed by atoms with Gasteiger partial charge in [-0.1, -0.05) is 67.4 Å². The van der Waals surface area contributed by atoms with Crippen LogP contribution in [0.25, 0.3) is 0 Å². The summed E-state index contributed by atoms with van der Waals surface area (Å²) in [4.78, 5) is 27.3. The number of ether oxygens (including phenoxy) is 2. The van der Waals surface area contributed by atoms with Gasteiger partial charge in [0.2, 0.25) is 0 Å². The molecular weight excluding hydrogens is 578 g/mol. The zero-order valence-corrected chi connectivity index (χ0v) is 25.5. The second-order valence-corrected chi connectivity index (χ2v) is 13.7. The van der Waals surface area contributed by atoms with E-state index < -0.39 is 5.92 Å². The number of rotatable bonds is 6. The van der Waals surface area contributed by atoms with Gasteiger partial charge in [-0.3, -0.25) is 9.59 Å². The minimum absolute atomic E-state index is 0.0765. The number of Topliss-reactive ketones (excluding diaryl/α,β-unsaturated/α-hetero) is 2. The maximum Gasteiger partial charge on any atom is 0.180 e. The number of ketones is 2. The summed E-state index contributed by atoms with van der Waals surface area (Å²) in [6.45, 7) is 11.1. The number of halogens is 2. The Labute approximate surface area is 244 Å². The monoisotopic (exact) mass is 611 g/mol. The number of allylic oxidation sites excluding steroid dienone is 4. The largest absolute Gasteiger partial charge is 0.490 e. The minimum Gasteiger partial charge on any atom is -0.490 e. The molecule has 0 atom stereocenters. The third kappa shape index (κ3) is 5.69. The van der Waals surface area contributed by atoms with Crippen LogP contribution in [-0.4, -0.2) is 18.2 Å². The molecule has 0 bridgehead atoms. The van der Waals surface area contributed by atoms with E-state index in [1.807, 2.05) is 43.3 Å². The molecule has 0 saturated carbocycles. The first-order valence-electron chi connectivity index (χ1n) is 13.5. The van der Waals surface area contributed by atoms with Crippen LogP contribution in [0.15, 0.2) is 63.4 Å². The molecule has 7 heteroatoms. The molecule has 2 aromatic carbocycles. The second-order valence-electron chi connectivity index (χ2n) is 12.4. The third-order valence-electron chi connectivity index (χ3n) is 7.68. The lowest BCUT2D eigenvalue weighted by Gasteiger charge is -2.44. The molecule has 5 nitrogen and oxygen atoms in total. The van der Waals surface area contributed by atoms with Crippen molar-refractivity contribution in [2.24, 2.45) is 10.8 Å². The first-order valence-corrected chi connectivity index (χ1v) is 14.7. The van der Waals surface area contributed by atoms with Crippen LogP contribution in [0, 0.1) is 10.8 Å². The third-order valence-corrected chi connectivity index (χ3v) is 8.49. The van der Waals surface area contributed by atoms with Gasteiger partial charge in [0.25, 0.3) is 0 Å². The van der Waals surface area contributed by atoms with Gasteiger partial charge in [0.05, 0.1) is 11.6 Å². The van der Waals surface area contributed by atoms with E-state index in [-0.39, 0.29) is 22.4 Å². The van der Waals surface area contributed by atoms with Gasteiger partial charge in [-0.25, -0.2) is 0 Å². The van der Waals surface area contributed by atoms with Crippen molar-refractivity contribution < 1.29 is 19.1 Å². The maximum absolute atomic E-state index is 13.7. The highest BCUT2D eigenvalue weighted by atomic mass is 79.9. The quantitative estimate of drug-likeness (QED) is 0.358. The van der Waals surface area contributed by atoms with Crippen LogP contribution in [0.2, 0.25) is 5.02 Å². The first kappa shape index (κ1) is 28.0. The molecule has 0 amide bonds. The zero-order chi connectivity index (χ0) is 28.1. The fourth-order valence-electron chi connectivity index (χ4n) is 6.12. The predicted octanol–water partition coefficient (Wildman–Crippen LogP) is 8.05. The number of nitrogens with one attached hydrogen (secondary N) is 1. The Hall–Kier alpha value is -2.57.